The summed E-state index contributed by atoms with van der Waals surface area (Å²) >= 11 is 0. The summed E-state index contributed by atoms with van der Waals surface area (Å²) in [4.78, 5) is 8.95. The van der Waals surface area contributed by atoms with Gasteiger partial charge in [-0.2, -0.15) is 10.2 Å². The van der Waals surface area contributed by atoms with E-state index in [1.54, 1.807) is 19.4 Å². The zero-order valence-corrected chi connectivity index (χ0v) is 14.2. The Kier molecular flexibility index (Phi) is 5.47. The zero-order valence-electron chi connectivity index (χ0n) is 14.2. The van der Waals surface area contributed by atoms with E-state index < -0.39 is 0 Å². The molecule has 0 bridgehead atoms. The summed E-state index contributed by atoms with van der Waals surface area (Å²) in [6, 6.07) is 10.0. The fourth-order valence-corrected chi connectivity index (χ4v) is 2.88. The summed E-state index contributed by atoms with van der Waals surface area (Å²) in [6.07, 6.45) is 9.67. The minimum Gasteiger partial charge on any atom is -0.497 e. The molecule has 1 heterocycles. The van der Waals surface area contributed by atoms with Crippen molar-refractivity contribution in [1.82, 2.24) is 9.97 Å². The molecule has 0 atom stereocenters. The SMILES string of the molecule is COc1ccc(Nc2ncc(C=CC#N)c(NC3CCCC3)n2)cc1. The van der Waals surface area contributed by atoms with Crippen molar-refractivity contribution in [2.24, 2.45) is 0 Å². The topological polar surface area (TPSA) is 82.9 Å². The number of nitrogens with zero attached hydrogens (tertiary/aromatic N) is 3. The minimum absolute atomic E-state index is 0.429. The van der Waals surface area contributed by atoms with Gasteiger partial charge in [0.15, 0.2) is 0 Å². The van der Waals surface area contributed by atoms with Crippen LogP contribution in [0.15, 0.2) is 36.5 Å². The van der Waals surface area contributed by atoms with Crippen LogP contribution in [0.2, 0.25) is 0 Å². The molecule has 128 valence electrons. The summed E-state index contributed by atoms with van der Waals surface area (Å²) in [6.45, 7) is 0. The largest absolute Gasteiger partial charge is 0.497 e. The van der Waals surface area contributed by atoms with Gasteiger partial charge < -0.3 is 15.4 Å². The minimum atomic E-state index is 0.429. The van der Waals surface area contributed by atoms with Crippen LogP contribution in [-0.4, -0.2) is 23.1 Å². The monoisotopic (exact) mass is 335 g/mol. The van der Waals surface area contributed by atoms with E-state index in [4.69, 9.17) is 10.00 Å². The van der Waals surface area contributed by atoms with Crippen molar-refractivity contribution in [3.8, 4) is 11.8 Å². The molecule has 6 heteroatoms. The third-order valence-corrected chi connectivity index (χ3v) is 4.20. The van der Waals surface area contributed by atoms with E-state index in [9.17, 15) is 0 Å². The molecule has 2 aromatic rings. The number of aromatic nitrogens is 2. The van der Waals surface area contributed by atoms with E-state index >= 15 is 0 Å². The lowest BCUT2D eigenvalue weighted by Crippen LogP contribution is -2.17. The maximum absolute atomic E-state index is 8.77. The van der Waals surface area contributed by atoms with Crippen molar-refractivity contribution >= 4 is 23.5 Å². The van der Waals surface area contributed by atoms with Gasteiger partial charge in [0.2, 0.25) is 5.95 Å². The number of ether oxygens (including phenoxy) is 1. The molecular weight excluding hydrogens is 314 g/mol. The highest BCUT2D eigenvalue weighted by Crippen LogP contribution is 2.25. The van der Waals surface area contributed by atoms with Crippen molar-refractivity contribution in [3.63, 3.8) is 0 Å². The number of nitriles is 1. The standard InChI is InChI=1S/C19H21N5O/c1-25-17-10-8-16(9-11-17)23-19-21-13-14(5-4-12-20)18(24-19)22-15-6-2-3-7-15/h4-5,8-11,13,15H,2-3,6-7H2,1H3,(H2,21,22,23,24). The highest BCUT2D eigenvalue weighted by Gasteiger charge is 2.17. The lowest BCUT2D eigenvalue weighted by atomic mass is 10.2. The number of nitrogens with one attached hydrogen (secondary N) is 2. The molecule has 1 aliphatic carbocycles. The van der Waals surface area contributed by atoms with Gasteiger partial charge in [0.25, 0.3) is 0 Å². The highest BCUT2D eigenvalue weighted by molar-refractivity contribution is 5.66. The van der Waals surface area contributed by atoms with Crippen molar-refractivity contribution in [1.29, 1.82) is 5.26 Å². The molecule has 1 aromatic heterocycles. The van der Waals surface area contributed by atoms with Crippen LogP contribution in [0.4, 0.5) is 17.5 Å². The molecule has 25 heavy (non-hydrogen) atoms. The van der Waals surface area contributed by atoms with E-state index in [2.05, 4.69) is 20.6 Å². The lowest BCUT2D eigenvalue weighted by molar-refractivity contribution is 0.415. The number of hydrogen-bond donors (Lipinski definition) is 2. The van der Waals surface area contributed by atoms with Gasteiger partial charge in [-0.15, -0.1) is 0 Å². The molecule has 0 amide bonds. The third-order valence-electron chi connectivity index (χ3n) is 4.20. The fraction of sp³-hybridized carbons (Fsp3) is 0.316. The van der Waals surface area contributed by atoms with Crippen molar-refractivity contribution < 1.29 is 4.74 Å². The first-order valence-electron chi connectivity index (χ1n) is 8.39. The van der Waals surface area contributed by atoms with Crippen molar-refractivity contribution in [2.45, 2.75) is 31.7 Å². The van der Waals surface area contributed by atoms with Crippen LogP contribution in [0.25, 0.3) is 6.08 Å². The second-order valence-corrected chi connectivity index (χ2v) is 5.94. The van der Waals surface area contributed by atoms with Crippen molar-refractivity contribution in [2.75, 3.05) is 17.7 Å². The molecule has 0 aliphatic heterocycles. The van der Waals surface area contributed by atoms with Crippen LogP contribution in [0.5, 0.6) is 5.75 Å². The zero-order chi connectivity index (χ0) is 17.5. The summed E-state index contributed by atoms with van der Waals surface area (Å²) in [5.74, 6) is 2.07. The van der Waals surface area contributed by atoms with E-state index in [1.807, 2.05) is 30.3 Å². The quantitative estimate of drug-likeness (QED) is 0.773. The maximum atomic E-state index is 8.77. The molecule has 1 saturated carbocycles. The van der Waals surface area contributed by atoms with Gasteiger partial charge in [0.1, 0.15) is 11.6 Å². The molecule has 1 fully saturated rings. The van der Waals surface area contributed by atoms with Gasteiger partial charge in [-0.05, 0) is 43.2 Å². The van der Waals surface area contributed by atoms with Gasteiger partial charge in [-0.25, -0.2) is 4.98 Å². The summed E-state index contributed by atoms with van der Waals surface area (Å²) < 4.78 is 5.16. The van der Waals surface area contributed by atoms with Gasteiger partial charge >= 0.3 is 0 Å². The number of methoxy groups -OCH3 is 1. The van der Waals surface area contributed by atoms with Crippen molar-refractivity contribution in [3.05, 3.63) is 42.1 Å². The highest BCUT2D eigenvalue weighted by atomic mass is 16.5. The first-order valence-corrected chi connectivity index (χ1v) is 8.39. The van der Waals surface area contributed by atoms with Crippen LogP contribution in [-0.2, 0) is 0 Å². The molecular formula is C19H21N5O. The average Bonchev–Trinajstić information content (AvgIpc) is 3.15. The summed E-state index contributed by atoms with van der Waals surface area (Å²) in [5.41, 5.74) is 1.70. The number of benzene rings is 1. The number of hydrogen-bond acceptors (Lipinski definition) is 6. The smallest absolute Gasteiger partial charge is 0.229 e. The van der Waals surface area contributed by atoms with Crippen LogP contribution >= 0.6 is 0 Å². The Morgan fingerprint density at radius 1 is 1.24 bits per heavy atom. The first-order chi connectivity index (χ1) is 12.3. The Bertz CT molecular complexity index is 773. The summed E-state index contributed by atoms with van der Waals surface area (Å²) in [7, 11) is 1.64. The van der Waals surface area contributed by atoms with E-state index in [1.165, 1.54) is 18.9 Å². The normalized spacial score (nSPS) is 14.4. The van der Waals surface area contributed by atoms with Gasteiger partial charge in [-0.1, -0.05) is 12.8 Å². The van der Waals surface area contributed by atoms with Gasteiger partial charge in [-0.3, -0.25) is 0 Å². The molecule has 1 aliphatic rings. The molecule has 0 unspecified atom stereocenters. The third kappa shape index (κ3) is 4.48. The second-order valence-electron chi connectivity index (χ2n) is 5.94. The Balaban J connectivity index is 1.81. The fourth-order valence-electron chi connectivity index (χ4n) is 2.88. The molecule has 2 N–H and O–H groups in total. The van der Waals surface area contributed by atoms with E-state index in [-0.39, 0.29) is 0 Å². The Labute approximate surface area is 147 Å². The molecule has 0 radical (unpaired) electrons. The average molecular weight is 335 g/mol. The van der Waals surface area contributed by atoms with Gasteiger partial charge in [0.05, 0.1) is 13.2 Å². The maximum Gasteiger partial charge on any atom is 0.229 e. The molecule has 6 nitrogen and oxygen atoms in total. The number of rotatable bonds is 6. The van der Waals surface area contributed by atoms with Crippen LogP contribution in [0.3, 0.4) is 0 Å². The van der Waals surface area contributed by atoms with Crippen LogP contribution in [0, 0.1) is 11.3 Å². The van der Waals surface area contributed by atoms with Gasteiger partial charge in [0, 0.05) is 29.6 Å². The molecule has 0 spiro atoms. The Morgan fingerprint density at radius 3 is 2.68 bits per heavy atom. The predicted octanol–water partition coefficient (Wildman–Crippen LogP) is 4.12. The van der Waals surface area contributed by atoms with E-state index in [0.717, 1.165) is 35.7 Å². The van der Waals surface area contributed by atoms with Crippen LogP contribution < -0.4 is 15.4 Å². The predicted molar refractivity (Wildman–Crippen MR) is 98.8 cm³/mol. The Hall–Kier alpha value is -3.07. The Morgan fingerprint density at radius 2 is 2.00 bits per heavy atom. The lowest BCUT2D eigenvalue weighted by Gasteiger charge is -2.16. The summed E-state index contributed by atoms with van der Waals surface area (Å²) in [5, 5.41) is 15.5. The second kappa shape index (κ2) is 8.15. The molecule has 1 aromatic carbocycles. The number of anilines is 3. The molecule has 3 rings (SSSR count). The molecule has 0 saturated heterocycles. The van der Waals surface area contributed by atoms with Crippen LogP contribution in [0.1, 0.15) is 31.2 Å². The number of allylic oxidation sites excluding steroid dienone is 1. The first kappa shape index (κ1) is 16.8. The van der Waals surface area contributed by atoms with E-state index in [0.29, 0.717) is 12.0 Å².